The summed E-state index contributed by atoms with van der Waals surface area (Å²) in [4.78, 5) is 2.40. The SMILES string of the molecule is c1ccc(-c2ccc(-c3ccc(N(c4ccc(-c5ccccc5)cc4)c4cc5c(oc6cccc(-c7ccc(-c8ccccc8)cc7)c65)c5ccccc45)cc3)cc2)cc1. The quantitative estimate of drug-likeness (QED) is 0.153. The molecule has 0 saturated carbocycles. The van der Waals surface area contributed by atoms with Crippen LogP contribution in [0.3, 0.4) is 0 Å². The molecule has 0 atom stereocenters. The zero-order chi connectivity index (χ0) is 39.8. The summed E-state index contributed by atoms with van der Waals surface area (Å²) in [5.41, 5.74) is 16.8. The molecule has 0 saturated heterocycles. The summed E-state index contributed by atoms with van der Waals surface area (Å²) in [6, 6.07) is 84.7. The Morgan fingerprint density at radius 2 is 0.667 bits per heavy atom. The van der Waals surface area contributed by atoms with Crippen molar-refractivity contribution >= 4 is 49.8 Å². The van der Waals surface area contributed by atoms with Crippen molar-refractivity contribution in [3.63, 3.8) is 0 Å². The summed E-state index contributed by atoms with van der Waals surface area (Å²) in [6.07, 6.45) is 0. The van der Waals surface area contributed by atoms with Gasteiger partial charge in [0.1, 0.15) is 11.2 Å². The molecule has 0 spiro atoms. The van der Waals surface area contributed by atoms with Crippen LogP contribution in [-0.4, -0.2) is 0 Å². The molecule has 0 bridgehead atoms. The van der Waals surface area contributed by atoms with Gasteiger partial charge in [-0.05, 0) is 92.0 Å². The van der Waals surface area contributed by atoms with Gasteiger partial charge in [0, 0.05) is 32.9 Å². The van der Waals surface area contributed by atoms with Gasteiger partial charge in [-0.3, -0.25) is 0 Å². The van der Waals surface area contributed by atoms with Crippen LogP contribution in [-0.2, 0) is 0 Å². The van der Waals surface area contributed by atoms with Gasteiger partial charge in [-0.1, -0.05) is 200 Å². The fraction of sp³-hybridized carbons (Fsp3) is 0. The molecule has 11 aromatic rings. The summed E-state index contributed by atoms with van der Waals surface area (Å²) in [5.74, 6) is 0. The largest absolute Gasteiger partial charge is 0.455 e. The molecule has 2 heteroatoms. The first-order valence-corrected chi connectivity index (χ1v) is 20.5. The molecular formula is C58H39NO. The molecule has 0 N–H and O–H groups in total. The average Bonchev–Trinajstić information content (AvgIpc) is 3.72. The van der Waals surface area contributed by atoms with E-state index in [4.69, 9.17) is 4.42 Å². The molecular weight excluding hydrogens is 727 g/mol. The minimum absolute atomic E-state index is 0.873. The van der Waals surface area contributed by atoms with Crippen LogP contribution >= 0.6 is 0 Å². The second-order valence-electron chi connectivity index (χ2n) is 15.3. The topological polar surface area (TPSA) is 16.4 Å². The lowest BCUT2D eigenvalue weighted by Crippen LogP contribution is -2.10. The van der Waals surface area contributed by atoms with E-state index < -0.39 is 0 Å². The summed E-state index contributed by atoms with van der Waals surface area (Å²) in [6.45, 7) is 0. The van der Waals surface area contributed by atoms with Gasteiger partial charge in [-0.2, -0.15) is 0 Å². The maximum Gasteiger partial charge on any atom is 0.143 e. The van der Waals surface area contributed by atoms with Crippen molar-refractivity contribution < 1.29 is 4.42 Å². The third-order valence-corrected chi connectivity index (χ3v) is 11.7. The first kappa shape index (κ1) is 35.2. The van der Waals surface area contributed by atoms with E-state index in [1.807, 2.05) is 0 Å². The van der Waals surface area contributed by atoms with Crippen LogP contribution in [0.4, 0.5) is 17.1 Å². The normalized spacial score (nSPS) is 11.3. The van der Waals surface area contributed by atoms with Gasteiger partial charge in [-0.15, -0.1) is 0 Å². The lowest BCUT2D eigenvalue weighted by molar-refractivity contribution is 0.673. The highest BCUT2D eigenvalue weighted by atomic mass is 16.3. The maximum atomic E-state index is 6.81. The Morgan fingerprint density at radius 3 is 1.13 bits per heavy atom. The second-order valence-corrected chi connectivity index (χ2v) is 15.3. The molecule has 282 valence electrons. The number of furan rings is 1. The molecule has 0 aliphatic heterocycles. The number of anilines is 3. The summed E-state index contributed by atoms with van der Waals surface area (Å²) < 4.78 is 6.81. The van der Waals surface area contributed by atoms with Gasteiger partial charge in [-0.25, -0.2) is 0 Å². The van der Waals surface area contributed by atoms with Crippen molar-refractivity contribution in [1.82, 2.24) is 0 Å². The predicted molar refractivity (Wildman–Crippen MR) is 253 cm³/mol. The van der Waals surface area contributed by atoms with Crippen LogP contribution in [0.2, 0.25) is 0 Å². The van der Waals surface area contributed by atoms with Gasteiger partial charge in [0.25, 0.3) is 0 Å². The smallest absolute Gasteiger partial charge is 0.143 e. The molecule has 1 aromatic heterocycles. The number of benzene rings is 10. The molecule has 0 radical (unpaired) electrons. The molecule has 2 nitrogen and oxygen atoms in total. The van der Waals surface area contributed by atoms with E-state index in [2.05, 4.69) is 241 Å². The number of nitrogens with zero attached hydrogens (tertiary/aromatic N) is 1. The first-order chi connectivity index (χ1) is 29.7. The number of fused-ring (bicyclic) bond motifs is 5. The van der Waals surface area contributed by atoms with Crippen molar-refractivity contribution in [3.8, 4) is 55.6 Å². The lowest BCUT2D eigenvalue weighted by Gasteiger charge is -2.27. The van der Waals surface area contributed by atoms with E-state index in [1.54, 1.807) is 0 Å². The van der Waals surface area contributed by atoms with Crippen molar-refractivity contribution in [2.24, 2.45) is 0 Å². The monoisotopic (exact) mass is 765 g/mol. The third kappa shape index (κ3) is 6.41. The average molecular weight is 766 g/mol. The van der Waals surface area contributed by atoms with Gasteiger partial charge < -0.3 is 9.32 Å². The fourth-order valence-corrected chi connectivity index (χ4v) is 8.68. The zero-order valence-electron chi connectivity index (χ0n) is 32.9. The molecule has 0 aliphatic rings. The first-order valence-electron chi connectivity index (χ1n) is 20.5. The zero-order valence-corrected chi connectivity index (χ0v) is 32.9. The summed E-state index contributed by atoms with van der Waals surface area (Å²) in [7, 11) is 0. The van der Waals surface area contributed by atoms with Crippen LogP contribution < -0.4 is 4.90 Å². The molecule has 11 rings (SSSR count). The maximum absolute atomic E-state index is 6.81. The Hall–Kier alpha value is -7.94. The molecule has 60 heavy (non-hydrogen) atoms. The molecule has 0 fully saturated rings. The highest BCUT2D eigenvalue weighted by Crippen LogP contribution is 2.47. The summed E-state index contributed by atoms with van der Waals surface area (Å²) in [5, 5.41) is 4.39. The molecule has 0 unspecified atom stereocenters. The van der Waals surface area contributed by atoms with Crippen LogP contribution in [0.1, 0.15) is 0 Å². The predicted octanol–water partition coefficient (Wildman–Crippen LogP) is 16.5. The van der Waals surface area contributed by atoms with Crippen LogP contribution in [0.15, 0.2) is 241 Å². The van der Waals surface area contributed by atoms with Crippen LogP contribution in [0.5, 0.6) is 0 Å². The van der Waals surface area contributed by atoms with Gasteiger partial charge in [0.2, 0.25) is 0 Å². The Labute approximate surface area is 349 Å². The van der Waals surface area contributed by atoms with Gasteiger partial charge >= 0.3 is 0 Å². The second kappa shape index (κ2) is 15.1. The Morgan fingerprint density at radius 1 is 0.283 bits per heavy atom. The third-order valence-electron chi connectivity index (χ3n) is 11.7. The Bertz CT molecular complexity index is 3240. The van der Waals surface area contributed by atoms with Gasteiger partial charge in [0.15, 0.2) is 0 Å². The highest BCUT2D eigenvalue weighted by Gasteiger charge is 2.22. The van der Waals surface area contributed by atoms with Gasteiger partial charge in [0.05, 0.1) is 5.69 Å². The van der Waals surface area contributed by atoms with Crippen molar-refractivity contribution in [3.05, 3.63) is 237 Å². The van der Waals surface area contributed by atoms with Crippen molar-refractivity contribution in [2.45, 2.75) is 0 Å². The van der Waals surface area contributed by atoms with E-state index in [0.717, 1.165) is 60.9 Å². The molecule has 0 amide bonds. The molecule has 10 aromatic carbocycles. The van der Waals surface area contributed by atoms with E-state index in [1.165, 1.54) is 44.5 Å². The van der Waals surface area contributed by atoms with E-state index in [9.17, 15) is 0 Å². The van der Waals surface area contributed by atoms with E-state index in [0.29, 0.717) is 0 Å². The summed E-state index contributed by atoms with van der Waals surface area (Å²) >= 11 is 0. The number of hydrogen-bond donors (Lipinski definition) is 0. The van der Waals surface area contributed by atoms with Crippen LogP contribution in [0.25, 0.3) is 88.3 Å². The van der Waals surface area contributed by atoms with Crippen molar-refractivity contribution in [2.75, 3.05) is 4.90 Å². The minimum Gasteiger partial charge on any atom is -0.455 e. The highest BCUT2D eigenvalue weighted by molar-refractivity contribution is 6.22. The standard InChI is InChI=1S/C58H39NO/c1-4-13-40(14-5-1)43-23-25-45(26-24-43)47-33-37-50(38-34-47)59(49-35-31-46(32-36-49)42-17-8-3-9-18-42)55-39-54-57-51(48-29-27-44(28-30-48)41-15-6-2-7-16-41)21-12-22-56(57)60-58(54)53-20-11-10-19-52(53)55/h1-39H. The van der Waals surface area contributed by atoms with Crippen LogP contribution in [0, 0.1) is 0 Å². The minimum atomic E-state index is 0.873. The van der Waals surface area contributed by atoms with E-state index >= 15 is 0 Å². The Kier molecular flexibility index (Phi) is 8.87. The fourth-order valence-electron chi connectivity index (χ4n) is 8.68. The molecule has 0 aliphatic carbocycles. The number of hydrogen-bond acceptors (Lipinski definition) is 2. The molecule has 1 heterocycles. The lowest BCUT2D eigenvalue weighted by atomic mass is 9.95. The number of rotatable bonds is 8. The van der Waals surface area contributed by atoms with E-state index in [-0.39, 0.29) is 0 Å². The van der Waals surface area contributed by atoms with Crippen molar-refractivity contribution in [1.29, 1.82) is 0 Å². The Balaban J connectivity index is 1.07.